The lowest BCUT2D eigenvalue weighted by Crippen LogP contribution is -2.09. The van der Waals surface area contributed by atoms with Crippen molar-refractivity contribution in [2.24, 2.45) is 0 Å². The molecule has 0 radical (unpaired) electrons. The molecule has 0 aliphatic carbocycles. The molecule has 1 aromatic heterocycles. The number of anilines is 1. The lowest BCUT2D eigenvalue weighted by molar-refractivity contribution is 0.289. The highest BCUT2D eigenvalue weighted by molar-refractivity contribution is 5.48. The fraction of sp³-hybridized carbons (Fsp3) is 0.214. The maximum Gasteiger partial charge on any atom is 0.123 e. The summed E-state index contributed by atoms with van der Waals surface area (Å²) in [4.78, 5) is 0. The van der Waals surface area contributed by atoms with Crippen molar-refractivity contribution in [2.45, 2.75) is 13.0 Å². The molecule has 0 spiro atoms. The number of nitrogens with two attached hydrogens (primary N) is 1. The van der Waals surface area contributed by atoms with Crippen LogP contribution >= 0.6 is 0 Å². The molecule has 2 rings (SSSR count). The first-order valence-electron chi connectivity index (χ1n) is 5.89. The van der Waals surface area contributed by atoms with Crippen LogP contribution in [0.5, 0.6) is 5.75 Å². The molecule has 2 aromatic rings. The number of aromatic nitrogens is 2. The monoisotopic (exact) mass is 243 g/mol. The molecule has 18 heavy (non-hydrogen) atoms. The van der Waals surface area contributed by atoms with Gasteiger partial charge in [0.25, 0.3) is 0 Å². The molecule has 94 valence electrons. The van der Waals surface area contributed by atoms with Crippen LogP contribution in [-0.2, 0) is 13.0 Å². The molecule has 1 aromatic carbocycles. The van der Waals surface area contributed by atoms with E-state index in [2.05, 4.69) is 11.7 Å². The molecule has 0 aliphatic heterocycles. The van der Waals surface area contributed by atoms with Gasteiger partial charge >= 0.3 is 0 Å². The molecule has 0 unspecified atom stereocenters. The van der Waals surface area contributed by atoms with Crippen LogP contribution in [-0.4, -0.2) is 16.4 Å². The van der Waals surface area contributed by atoms with Crippen LogP contribution in [0.1, 0.15) is 5.56 Å². The van der Waals surface area contributed by atoms with E-state index in [-0.39, 0.29) is 0 Å². The van der Waals surface area contributed by atoms with Crippen molar-refractivity contribution in [1.82, 2.24) is 9.78 Å². The van der Waals surface area contributed by atoms with Crippen molar-refractivity contribution in [2.75, 3.05) is 12.3 Å². The topological polar surface area (TPSA) is 53.1 Å². The number of nitrogens with zero attached hydrogens (tertiary/aromatic N) is 2. The van der Waals surface area contributed by atoms with Gasteiger partial charge in [-0.25, -0.2) is 0 Å². The lowest BCUT2D eigenvalue weighted by atomic mass is 10.1. The summed E-state index contributed by atoms with van der Waals surface area (Å²) in [7, 11) is 0. The molecule has 0 atom stereocenters. The van der Waals surface area contributed by atoms with Crippen LogP contribution in [0.2, 0.25) is 0 Å². The predicted molar refractivity (Wildman–Crippen MR) is 72.5 cm³/mol. The smallest absolute Gasteiger partial charge is 0.123 e. The molecule has 0 saturated carbocycles. The molecule has 0 amide bonds. The van der Waals surface area contributed by atoms with Crippen LogP contribution < -0.4 is 10.5 Å². The highest BCUT2D eigenvalue weighted by Gasteiger charge is 2.03. The molecule has 4 nitrogen and oxygen atoms in total. The van der Waals surface area contributed by atoms with Crippen LogP contribution in [0, 0.1) is 0 Å². The van der Waals surface area contributed by atoms with Gasteiger partial charge in [0.05, 0.1) is 6.54 Å². The summed E-state index contributed by atoms with van der Waals surface area (Å²) in [6.45, 7) is 5.04. The first-order chi connectivity index (χ1) is 8.79. The van der Waals surface area contributed by atoms with Gasteiger partial charge < -0.3 is 10.5 Å². The minimum atomic E-state index is 0.579. The van der Waals surface area contributed by atoms with Gasteiger partial charge in [-0.15, -0.1) is 6.58 Å². The summed E-state index contributed by atoms with van der Waals surface area (Å²) in [5.74, 6) is 0.858. The minimum absolute atomic E-state index is 0.579. The van der Waals surface area contributed by atoms with E-state index in [1.54, 1.807) is 6.20 Å². The minimum Gasteiger partial charge on any atom is -0.491 e. The number of nitrogen functional groups attached to an aromatic ring is 1. The van der Waals surface area contributed by atoms with E-state index in [0.717, 1.165) is 30.0 Å². The number of hydrogen-bond acceptors (Lipinski definition) is 3. The zero-order valence-electron chi connectivity index (χ0n) is 10.2. The Morgan fingerprint density at radius 3 is 3.06 bits per heavy atom. The number of rotatable bonds is 6. The molecule has 1 heterocycles. The first kappa shape index (κ1) is 12.2. The van der Waals surface area contributed by atoms with Crippen LogP contribution in [0.3, 0.4) is 0 Å². The van der Waals surface area contributed by atoms with E-state index in [0.29, 0.717) is 6.61 Å². The van der Waals surface area contributed by atoms with Gasteiger partial charge in [0.2, 0.25) is 0 Å². The number of benzene rings is 1. The maximum atomic E-state index is 5.76. The van der Waals surface area contributed by atoms with Crippen molar-refractivity contribution in [3.63, 3.8) is 0 Å². The maximum absolute atomic E-state index is 5.76. The van der Waals surface area contributed by atoms with E-state index in [9.17, 15) is 0 Å². The number of ether oxygens (including phenoxy) is 1. The third-order valence-electron chi connectivity index (χ3n) is 2.59. The SMILES string of the molecule is C=CCc1cc(N)ccc1OCCn1cccn1. The third kappa shape index (κ3) is 3.13. The second-order valence-electron chi connectivity index (χ2n) is 3.98. The Morgan fingerprint density at radius 1 is 1.44 bits per heavy atom. The normalized spacial score (nSPS) is 10.2. The Hall–Kier alpha value is -2.23. The Kier molecular flexibility index (Phi) is 4.02. The molecule has 4 heteroatoms. The Bertz CT molecular complexity index is 506. The van der Waals surface area contributed by atoms with Crippen molar-refractivity contribution >= 4 is 5.69 Å². The number of allylic oxidation sites excluding steroid dienone is 1. The molecular weight excluding hydrogens is 226 g/mol. The third-order valence-corrected chi connectivity index (χ3v) is 2.59. The van der Waals surface area contributed by atoms with Crippen LogP contribution in [0.4, 0.5) is 5.69 Å². The second kappa shape index (κ2) is 5.91. The predicted octanol–water partition coefficient (Wildman–Crippen LogP) is 2.27. The first-order valence-corrected chi connectivity index (χ1v) is 5.89. The van der Waals surface area contributed by atoms with E-state index in [1.165, 1.54) is 0 Å². The lowest BCUT2D eigenvalue weighted by Gasteiger charge is -2.11. The second-order valence-corrected chi connectivity index (χ2v) is 3.98. The molecule has 0 bridgehead atoms. The number of hydrogen-bond donors (Lipinski definition) is 1. The van der Waals surface area contributed by atoms with Gasteiger partial charge in [0, 0.05) is 18.1 Å². The van der Waals surface area contributed by atoms with Gasteiger partial charge in [-0.05, 0) is 36.2 Å². The van der Waals surface area contributed by atoms with E-state index in [1.807, 2.05) is 41.2 Å². The van der Waals surface area contributed by atoms with Crippen molar-refractivity contribution in [1.29, 1.82) is 0 Å². The largest absolute Gasteiger partial charge is 0.491 e. The summed E-state index contributed by atoms with van der Waals surface area (Å²) in [5.41, 5.74) is 7.56. The quantitative estimate of drug-likeness (QED) is 0.625. The fourth-order valence-corrected chi connectivity index (χ4v) is 1.74. The van der Waals surface area contributed by atoms with Gasteiger partial charge in [-0.2, -0.15) is 5.10 Å². The van der Waals surface area contributed by atoms with E-state index < -0.39 is 0 Å². The fourth-order valence-electron chi connectivity index (χ4n) is 1.74. The van der Waals surface area contributed by atoms with Crippen molar-refractivity contribution < 1.29 is 4.74 Å². The summed E-state index contributed by atoms with van der Waals surface area (Å²) < 4.78 is 7.59. The zero-order chi connectivity index (χ0) is 12.8. The Balaban J connectivity index is 1.97. The van der Waals surface area contributed by atoms with Gasteiger partial charge in [0.1, 0.15) is 12.4 Å². The summed E-state index contributed by atoms with van der Waals surface area (Å²) in [6, 6.07) is 7.56. The van der Waals surface area contributed by atoms with Gasteiger partial charge in [0.15, 0.2) is 0 Å². The van der Waals surface area contributed by atoms with Gasteiger partial charge in [-0.3, -0.25) is 4.68 Å². The Morgan fingerprint density at radius 2 is 2.33 bits per heavy atom. The van der Waals surface area contributed by atoms with Crippen LogP contribution in [0.25, 0.3) is 0 Å². The highest BCUT2D eigenvalue weighted by atomic mass is 16.5. The Labute approximate surface area is 107 Å². The molecule has 2 N–H and O–H groups in total. The van der Waals surface area contributed by atoms with Crippen molar-refractivity contribution in [3.05, 3.63) is 54.9 Å². The molecule has 0 aliphatic rings. The molecule has 0 fully saturated rings. The van der Waals surface area contributed by atoms with Gasteiger partial charge in [-0.1, -0.05) is 6.08 Å². The average Bonchev–Trinajstić information content (AvgIpc) is 2.85. The zero-order valence-corrected chi connectivity index (χ0v) is 10.2. The summed E-state index contributed by atoms with van der Waals surface area (Å²) in [6.07, 6.45) is 6.26. The van der Waals surface area contributed by atoms with Crippen molar-refractivity contribution in [3.8, 4) is 5.75 Å². The van der Waals surface area contributed by atoms with E-state index in [4.69, 9.17) is 10.5 Å². The van der Waals surface area contributed by atoms with E-state index >= 15 is 0 Å². The van der Waals surface area contributed by atoms with Crippen LogP contribution in [0.15, 0.2) is 49.3 Å². The average molecular weight is 243 g/mol. The molecular formula is C14H17N3O. The highest BCUT2D eigenvalue weighted by Crippen LogP contribution is 2.22. The summed E-state index contributed by atoms with van der Waals surface area (Å²) >= 11 is 0. The molecule has 0 saturated heterocycles. The summed E-state index contributed by atoms with van der Waals surface area (Å²) in [5, 5.41) is 4.12. The standard InChI is InChI=1S/C14H17N3O/c1-2-4-12-11-13(15)5-6-14(12)18-10-9-17-8-3-7-16-17/h2-3,5-8,11H,1,4,9-10,15H2.